The zero-order valence-electron chi connectivity index (χ0n) is 12.6. The molecule has 1 N–H and O–H groups in total. The second-order valence-corrected chi connectivity index (χ2v) is 6.59. The summed E-state index contributed by atoms with van der Waals surface area (Å²) < 4.78 is 0. The molecule has 1 amide bonds. The maximum atomic E-state index is 11.9. The minimum atomic E-state index is 0.132. The van der Waals surface area contributed by atoms with Crippen molar-refractivity contribution in [2.45, 2.75) is 37.2 Å². The van der Waals surface area contributed by atoms with Crippen LogP contribution in [0.25, 0.3) is 0 Å². The lowest BCUT2D eigenvalue weighted by Gasteiger charge is -2.19. The van der Waals surface area contributed by atoms with Crippen molar-refractivity contribution in [1.29, 1.82) is 0 Å². The highest BCUT2D eigenvalue weighted by atomic mass is 32.2. The fraction of sp³-hybridized carbons (Fsp3) is 0.562. The van der Waals surface area contributed by atoms with Gasteiger partial charge in [0.05, 0.1) is 6.54 Å². The van der Waals surface area contributed by atoms with Gasteiger partial charge in [0.2, 0.25) is 5.91 Å². The number of thioether (sulfide) groups is 1. The topological polar surface area (TPSA) is 32.3 Å². The Morgan fingerprint density at radius 2 is 2.05 bits per heavy atom. The van der Waals surface area contributed by atoms with Crippen LogP contribution in [0.1, 0.15) is 25.3 Å². The van der Waals surface area contributed by atoms with Crippen molar-refractivity contribution in [1.82, 2.24) is 10.2 Å². The van der Waals surface area contributed by atoms with Crippen molar-refractivity contribution >= 4 is 17.7 Å². The summed E-state index contributed by atoms with van der Waals surface area (Å²) in [4.78, 5) is 15.3. The molecule has 1 saturated carbocycles. The van der Waals surface area contributed by atoms with E-state index in [0.29, 0.717) is 18.5 Å². The number of rotatable bonds is 7. The van der Waals surface area contributed by atoms with Gasteiger partial charge in [0.25, 0.3) is 0 Å². The highest BCUT2D eigenvalue weighted by Crippen LogP contribution is 2.32. The lowest BCUT2D eigenvalue weighted by molar-refractivity contribution is -0.122. The van der Waals surface area contributed by atoms with Gasteiger partial charge in [-0.05, 0) is 56.7 Å². The van der Waals surface area contributed by atoms with Crippen LogP contribution in [0.2, 0.25) is 0 Å². The summed E-state index contributed by atoms with van der Waals surface area (Å²) in [6, 6.07) is 8.85. The largest absolute Gasteiger partial charge is 0.352 e. The zero-order valence-corrected chi connectivity index (χ0v) is 13.4. The molecule has 0 aromatic heterocycles. The SMILES string of the molecule is CSc1ccc(CN(C)CC(=O)N[C@H](C)C2CC2)cc1. The van der Waals surface area contributed by atoms with E-state index in [9.17, 15) is 4.79 Å². The number of likely N-dealkylation sites (N-methyl/N-ethyl adjacent to an activating group) is 1. The minimum Gasteiger partial charge on any atom is -0.352 e. The van der Waals surface area contributed by atoms with E-state index in [-0.39, 0.29) is 5.91 Å². The number of hydrogen-bond acceptors (Lipinski definition) is 3. The van der Waals surface area contributed by atoms with E-state index in [2.05, 4.69) is 47.7 Å². The molecule has 0 saturated heterocycles. The Morgan fingerprint density at radius 1 is 1.40 bits per heavy atom. The smallest absolute Gasteiger partial charge is 0.234 e. The van der Waals surface area contributed by atoms with Crippen molar-refractivity contribution in [2.24, 2.45) is 5.92 Å². The third-order valence-electron chi connectivity index (χ3n) is 3.74. The van der Waals surface area contributed by atoms with E-state index in [1.165, 1.54) is 23.3 Å². The van der Waals surface area contributed by atoms with Crippen LogP contribution in [-0.2, 0) is 11.3 Å². The summed E-state index contributed by atoms with van der Waals surface area (Å²) in [6.07, 6.45) is 4.60. The fourth-order valence-corrected chi connectivity index (χ4v) is 2.77. The molecule has 1 aromatic carbocycles. The summed E-state index contributed by atoms with van der Waals surface area (Å²) in [6.45, 7) is 3.37. The van der Waals surface area contributed by atoms with Crippen molar-refractivity contribution in [3.63, 3.8) is 0 Å². The molecule has 1 aliphatic rings. The molecule has 1 aliphatic carbocycles. The van der Waals surface area contributed by atoms with Crippen LogP contribution in [0.5, 0.6) is 0 Å². The Bertz CT molecular complexity index is 442. The average molecular weight is 292 g/mol. The van der Waals surface area contributed by atoms with E-state index >= 15 is 0 Å². The number of benzene rings is 1. The van der Waals surface area contributed by atoms with Gasteiger partial charge in [-0.2, -0.15) is 0 Å². The predicted octanol–water partition coefficient (Wildman–Crippen LogP) is 2.76. The fourth-order valence-electron chi connectivity index (χ4n) is 2.36. The number of nitrogens with zero attached hydrogens (tertiary/aromatic N) is 1. The lowest BCUT2D eigenvalue weighted by Crippen LogP contribution is -2.40. The summed E-state index contributed by atoms with van der Waals surface area (Å²) in [5.74, 6) is 0.843. The number of amides is 1. The number of nitrogens with one attached hydrogen (secondary N) is 1. The highest BCUT2D eigenvalue weighted by molar-refractivity contribution is 7.98. The summed E-state index contributed by atoms with van der Waals surface area (Å²) in [5.41, 5.74) is 1.24. The molecule has 0 aliphatic heterocycles. The number of carbonyl (C=O) groups is 1. The summed E-state index contributed by atoms with van der Waals surface area (Å²) in [5, 5.41) is 3.09. The molecule has 0 bridgehead atoms. The Morgan fingerprint density at radius 3 is 2.60 bits per heavy atom. The first-order chi connectivity index (χ1) is 9.58. The van der Waals surface area contributed by atoms with Crippen LogP contribution >= 0.6 is 11.8 Å². The van der Waals surface area contributed by atoms with Crippen LogP contribution in [0.15, 0.2) is 29.2 Å². The third-order valence-corrected chi connectivity index (χ3v) is 4.49. The van der Waals surface area contributed by atoms with Gasteiger partial charge in [0.15, 0.2) is 0 Å². The van der Waals surface area contributed by atoms with Crippen LogP contribution in [-0.4, -0.2) is 36.7 Å². The first-order valence-electron chi connectivity index (χ1n) is 7.19. The monoisotopic (exact) mass is 292 g/mol. The molecule has 0 heterocycles. The normalized spacial score (nSPS) is 16.2. The van der Waals surface area contributed by atoms with Crippen LogP contribution in [0, 0.1) is 5.92 Å². The van der Waals surface area contributed by atoms with Gasteiger partial charge in [0.1, 0.15) is 0 Å². The lowest BCUT2D eigenvalue weighted by atomic mass is 10.2. The van der Waals surface area contributed by atoms with Gasteiger partial charge < -0.3 is 5.32 Å². The average Bonchev–Trinajstić information content (AvgIpc) is 3.23. The maximum Gasteiger partial charge on any atom is 0.234 e. The van der Waals surface area contributed by atoms with E-state index in [0.717, 1.165) is 6.54 Å². The van der Waals surface area contributed by atoms with Gasteiger partial charge in [-0.15, -0.1) is 11.8 Å². The second-order valence-electron chi connectivity index (χ2n) is 5.71. The molecule has 1 aromatic rings. The second kappa shape index (κ2) is 7.14. The van der Waals surface area contributed by atoms with Crippen molar-refractivity contribution < 1.29 is 4.79 Å². The summed E-state index contributed by atoms with van der Waals surface area (Å²) in [7, 11) is 1.99. The maximum absolute atomic E-state index is 11.9. The molecular formula is C16H24N2OS. The quantitative estimate of drug-likeness (QED) is 0.784. The predicted molar refractivity (Wildman–Crippen MR) is 84.9 cm³/mol. The zero-order chi connectivity index (χ0) is 14.5. The molecular weight excluding hydrogens is 268 g/mol. The van der Waals surface area contributed by atoms with Gasteiger partial charge >= 0.3 is 0 Å². The molecule has 0 spiro atoms. The van der Waals surface area contributed by atoms with E-state index < -0.39 is 0 Å². The molecule has 0 unspecified atom stereocenters. The van der Waals surface area contributed by atoms with Crippen molar-refractivity contribution in [3.8, 4) is 0 Å². The van der Waals surface area contributed by atoms with E-state index in [1.54, 1.807) is 11.8 Å². The molecule has 0 radical (unpaired) electrons. The molecule has 110 valence electrons. The molecule has 1 atom stereocenters. The van der Waals surface area contributed by atoms with Gasteiger partial charge in [-0.3, -0.25) is 9.69 Å². The Labute approximate surface area is 126 Å². The van der Waals surface area contributed by atoms with Crippen LogP contribution in [0.4, 0.5) is 0 Å². The Kier molecular flexibility index (Phi) is 5.49. The van der Waals surface area contributed by atoms with Gasteiger partial charge in [0, 0.05) is 17.5 Å². The van der Waals surface area contributed by atoms with Crippen molar-refractivity contribution in [3.05, 3.63) is 29.8 Å². The Hall–Kier alpha value is -1.00. The highest BCUT2D eigenvalue weighted by Gasteiger charge is 2.28. The van der Waals surface area contributed by atoms with Crippen LogP contribution in [0.3, 0.4) is 0 Å². The Balaban J connectivity index is 1.75. The molecule has 1 fully saturated rings. The minimum absolute atomic E-state index is 0.132. The summed E-state index contributed by atoms with van der Waals surface area (Å²) >= 11 is 1.74. The standard InChI is InChI=1S/C16H24N2OS/c1-12(14-6-7-14)17-16(19)11-18(2)10-13-4-8-15(20-3)9-5-13/h4-5,8-9,12,14H,6-7,10-11H2,1-3H3,(H,17,19)/t12-/m1/s1. The molecule has 20 heavy (non-hydrogen) atoms. The van der Waals surface area contributed by atoms with Crippen molar-refractivity contribution in [2.75, 3.05) is 19.8 Å². The molecule has 4 heteroatoms. The number of carbonyl (C=O) groups excluding carboxylic acids is 1. The molecule has 3 nitrogen and oxygen atoms in total. The van der Waals surface area contributed by atoms with Gasteiger partial charge in [-0.25, -0.2) is 0 Å². The molecule has 2 rings (SSSR count). The van der Waals surface area contributed by atoms with E-state index in [4.69, 9.17) is 0 Å². The third kappa shape index (κ3) is 4.84. The first kappa shape index (κ1) is 15.4. The van der Waals surface area contributed by atoms with Gasteiger partial charge in [-0.1, -0.05) is 12.1 Å². The number of hydrogen-bond donors (Lipinski definition) is 1. The van der Waals surface area contributed by atoms with Crippen LogP contribution < -0.4 is 5.32 Å². The van der Waals surface area contributed by atoms with E-state index in [1.807, 2.05) is 7.05 Å². The first-order valence-corrected chi connectivity index (χ1v) is 8.42.